The van der Waals surface area contributed by atoms with Crippen molar-refractivity contribution in [3.05, 3.63) is 116 Å². The third-order valence-corrected chi connectivity index (χ3v) is 7.11. The highest BCUT2D eigenvalue weighted by Gasteiger charge is 2.20. The van der Waals surface area contributed by atoms with Gasteiger partial charge in [-0.1, -0.05) is 78.9 Å². The number of furan rings is 1. The van der Waals surface area contributed by atoms with E-state index in [9.17, 15) is 0 Å². The molecule has 0 spiro atoms. The Labute approximate surface area is 206 Å². The Morgan fingerprint density at radius 1 is 0.528 bits per heavy atom. The van der Waals surface area contributed by atoms with Crippen molar-refractivity contribution >= 4 is 54.5 Å². The van der Waals surface area contributed by atoms with Gasteiger partial charge in [-0.15, -0.1) is 0 Å². The van der Waals surface area contributed by atoms with Crippen molar-refractivity contribution in [3.8, 4) is 17.1 Å². The van der Waals surface area contributed by atoms with Crippen LogP contribution in [0.5, 0.6) is 0 Å². The molecule has 0 amide bonds. The second kappa shape index (κ2) is 7.27. The van der Waals surface area contributed by atoms with Crippen molar-refractivity contribution in [2.75, 3.05) is 0 Å². The first kappa shape index (κ1) is 19.4. The minimum Gasteiger partial charge on any atom is -0.456 e. The molecule has 0 unspecified atom stereocenters. The first-order valence-electron chi connectivity index (χ1n) is 12.0. The molecule has 0 aliphatic heterocycles. The third-order valence-electron chi connectivity index (χ3n) is 7.11. The minimum absolute atomic E-state index is 0.801. The molecule has 0 aliphatic carbocycles. The van der Waals surface area contributed by atoms with E-state index in [1.807, 2.05) is 12.1 Å². The molecule has 0 bridgehead atoms. The molecular formula is C32H19N3O. The van der Waals surface area contributed by atoms with E-state index in [0.29, 0.717) is 0 Å². The van der Waals surface area contributed by atoms with Gasteiger partial charge in [0.15, 0.2) is 5.82 Å². The predicted molar refractivity (Wildman–Crippen MR) is 147 cm³/mol. The van der Waals surface area contributed by atoms with E-state index < -0.39 is 0 Å². The van der Waals surface area contributed by atoms with Crippen molar-refractivity contribution in [2.24, 2.45) is 0 Å². The number of aromatic nitrogens is 3. The van der Waals surface area contributed by atoms with E-state index >= 15 is 0 Å². The van der Waals surface area contributed by atoms with Crippen LogP contribution >= 0.6 is 0 Å². The van der Waals surface area contributed by atoms with E-state index in [0.717, 1.165) is 55.4 Å². The van der Waals surface area contributed by atoms with E-state index in [1.54, 1.807) is 12.4 Å². The number of benzene rings is 5. The number of rotatable bonds is 2. The fraction of sp³-hybridized carbons (Fsp3) is 0. The van der Waals surface area contributed by atoms with Crippen LogP contribution in [-0.4, -0.2) is 14.5 Å². The fourth-order valence-electron chi connectivity index (χ4n) is 5.53. The third kappa shape index (κ3) is 2.64. The summed E-state index contributed by atoms with van der Waals surface area (Å²) >= 11 is 0. The molecular weight excluding hydrogens is 442 g/mol. The van der Waals surface area contributed by atoms with Crippen LogP contribution in [0.25, 0.3) is 71.6 Å². The van der Waals surface area contributed by atoms with Crippen LogP contribution in [0.4, 0.5) is 0 Å². The van der Waals surface area contributed by atoms with Gasteiger partial charge in [0, 0.05) is 45.6 Å². The molecule has 3 heterocycles. The van der Waals surface area contributed by atoms with Gasteiger partial charge >= 0.3 is 0 Å². The number of hydrogen-bond acceptors (Lipinski definition) is 3. The lowest BCUT2D eigenvalue weighted by atomic mass is 10.0. The molecule has 0 atom stereocenters. The highest BCUT2D eigenvalue weighted by atomic mass is 16.3. The molecule has 0 radical (unpaired) electrons. The summed E-state index contributed by atoms with van der Waals surface area (Å²) in [6.07, 6.45) is 3.54. The highest BCUT2D eigenvalue weighted by molar-refractivity contribution is 6.17. The van der Waals surface area contributed by atoms with Crippen LogP contribution in [0.1, 0.15) is 0 Å². The lowest BCUT2D eigenvalue weighted by molar-refractivity contribution is 0.669. The first-order valence-corrected chi connectivity index (χ1v) is 12.0. The van der Waals surface area contributed by atoms with Gasteiger partial charge in [0.25, 0.3) is 0 Å². The van der Waals surface area contributed by atoms with Crippen LogP contribution < -0.4 is 0 Å². The molecule has 4 heteroatoms. The Morgan fingerprint density at radius 3 is 2.22 bits per heavy atom. The molecule has 4 nitrogen and oxygen atoms in total. The van der Waals surface area contributed by atoms with Gasteiger partial charge in [-0.3, -0.25) is 9.55 Å². The van der Waals surface area contributed by atoms with Crippen LogP contribution in [0.2, 0.25) is 0 Å². The van der Waals surface area contributed by atoms with Gasteiger partial charge < -0.3 is 4.42 Å². The summed E-state index contributed by atoms with van der Waals surface area (Å²) in [5.41, 5.74) is 5.81. The number of nitrogens with zero attached hydrogens (tertiary/aromatic N) is 3. The number of hydrogen-bond donors (Lipinski definition) is 0. The van der Waals surface area contributed by atoms with E-state index in [4.69, 9.17) is 14.4 Å². The maximum Gasteiger partial charge on any atom is 0.164 e. The second-order valence-corrected chi connectivity index (χ2v) is 9.07. The monoisotopic (exact) mass is 461 g/mol. The first-order chi connectivity index (χ1) is 17.9. The summed E-state index contributed by atoms with van der Waals surface area (Å²) < 4.78 is 8.49. The molecule has 36 heavy (non-hydrogen) atoms. The summed E-state index contributed by atoms with van der Waals surface area (Å²) in [5.74, 6) is 0.801. The van der Waals surface area contributed by atoms with Crippen LogP contribution in [-0.2, 0) is 0 Å². The van der Waals surface area contributed by atoms with E-state index in [2.05, 4.69) is 95.6 Å². The Kier molecular flexibility index (Phi) is 3.91. The Bertz CT molecular complexity index is 2110. The summed E-state index contributed by atoms with van der Waals surface area (Å²) in [6, 6.07) is 35.8. The molecule has 0 fully saturated rings. The smallest absolute Gasteiger partial charge is 0.164 e. The molecule has 5 aromatic carbocycles. The maximum atomic E-state index is 6.27. The van der Waals surface area contributed by atoms with Crippen molar-refractivity contribution in [1.82, 2.24) is 14.5 Å². The van der Waals surface area contributed by atoms with Crippen molar-refractivity contribution in [2.45, 2.75) is 0 Å². The predicted octanol–water partition coefficient (Wildman–Crippen LogP) is 8.29. The molecule has 0 saturated heterocycles. The summed E-state index contributed by atoms with van der Waals surface area (Å²) in [6.45, 7) is 0. The van der Waals surface area contributed by atoms with Crippen molar-refractivity contribution in [1.29, 1.82) is 0 Å². The zero-order valence-corrected chi connectivity index (χ0v) is 19.2. The average Bonchev–Trinajstić information content (AvgIpc) is 3.46. The summed E-state index contributed by atoms with van der Waals surface area (Å²) in [5, 5.41) is 6.92. The average molecular weight is 462 g/mol. The Morgan fingerprint density at radius 2 is 1.28 bits per heavy atom. The topological polar surface area (TPSA) is 43.9 Å². The fourth-order valence-corrected chi connectivity index (χ4v) is 5.53. The van der Waals surface area contributed by atoms with Crippen LogP contribution in [0.15, 0.2) is 120 Å². The lowest BCUT2D eigenvalue weighted by Crippen LogP contribution is -2.02. The molecule has 168 valence electrons. The maximum absolute atomic E-state index is 6.27. The molecule has 8 aromatic rings. The minimum atomic E-state index is 0.801. The van der Waals surface area contributed by atoms with Gasteiger partial charge in [0.1, 0.15) is 16.9 Å². The number of para-hydroxylation sites is 2. The van der Waals surface area contributed by atoms with Crippen LogP contribution in [0.3, 0.4) is 0 Å². The summed E-state index contributed by atoms with van der Waals surface area (Å²) in [4.78, 5) is 9.76. The zero-order valence-electron chi connectivity index (χ0n) is 19.2. The normalized spacial score (nSPS) is 11.9. The number of fused-ring (bicyclic) bond motifs is 7. The standard InChI is InChI=1S/C32H19N3O/c1-2-10-21-20(8-1)9-7-13-24(21)31-32(34-17-16-33-31)35-27-14-5-3-11-22(27)25-18-26-23-12-4-6-15-29(23)36-30(26)19-28(25)35/h1-19H. The van der Waals surface area contributed by atoms with Crippen molar-refractivity contribution < 1.29 is 4.42 Å². The summed E-state index contributed by atoms with van der Waals surface area (Å²) in [7, 11) is 0. The zero-order chi connectivity index (χ0) is 23.6. The molecule has 0 N–H and O–H groups in total. The van der Waals surface area contributed by atoms with Gasteiger partial charge in [-0.2, -0.15) is 0 Å². The highest BCUT2D eigenvalue weighted by Crippen LogP contribution is 2.39. The van der Waals surface area contributed by atoms with Gasteiger partial charge in [-0.25, -0.2) is 4.98 Å². The quantitative estimate of drug-likeness (QED) is 0.260. The van der Waals surface area contributed by atoms with Gasteiger partial charge in [0.2, 0.25) is 0 Å². The van der Waals surface area contributed by atoms with Gasteiger partial charge in [0.05, 0.1) is 11.0 Å². The lowest BCUT2D eigenvalue weighted by Gasteiger charge is -2.13. The molecule has 0 aliphatic rings. The Balaban J connectivity index is 1.51. The van der Waals surface area contributed by atoms with E-state index in [-0.39, 0.29) is 0 Å². The largest absolute Gasteiger partial charge is 0.456 e. The van der Waals surface area contributed by atoms with Gasteiger partial charge in [-0.05, 0) is 29.0 Å². The SMILES string of the molecule is c1ccc2c(-c3nccnc3-n3c4ccccc4c4cc5c(cc43)oc3ccccc35)cccc2c1. The second-order valence-electron chi connectivity index (χ2n) is 9.07. The molecule has 8 rings (SSSR count). The molecule has 3 aromatic heterocycles. The van der Waals surface area contributed by atoms with E-state index in [1.165, 1.54) is 16.2 Å². The van der Waals surface area contributed by atoms with Crippen molar-refractivity contribution in [3.63, 3.8) is 0 Å². The van der Waals surface area contributed by atoms with Crippen LogP contribution in [0, 0.1) is 0 Å². The molecule has 0 saturated carbocycles. The Hall–Kier alpha value is -4.96.